The summed E-state index contributed by atoms with van der Waals surface area (Å²) < 4.78 is 32.0. The maximum Gasteiger partial charge on any atom is 0.296 e. The first-order valence-corrected chi connectivity index (χ1v) is 5.37. The summed E-state index contributed by atoms with van der Waals surface area (Å²) in [4.78, 5) is 0.137. The Hall–Kier alpha value is -1.07. The van der Waals surface area contributed by atoms with Gasteiger partial charge in [-0.25, -0.2) is 0 Å². The Morgan fingerprint density at radius 2 is 1.86 bits per heavy atom. The smallest absolute Gasteiger partial charge is 0.296 e. The van der Waals surface area contributed by atoms with Crippen molar-refractivity contribution in [1.29, 1.82) is 0 Å². The van der Waals surface area contributed by atoms with E-state index >= 15 is 0 Å². The molecule has 4 nitrogen and oxygen atoms in total. The van der Waals surface area contributed by atoms with Gasteiger partial charge in [0.2, 0.25) is 0 Å². The van der Waals surface area contributed by atoms with E-state index in [1.165, 1.54) is 19.2 Å². The lowest BCUT2D eigenvalue weighted by Gasteiger charge is -2.06. The van der Waals surface area contributed by atoms with Gasteiger partial charge in [0, 0.05) is 0 Å². The highest BCUT2D eigenvalue weighted by Gasteiger charge is 2.13. The van der Waals surface area contributed by atoms with E-state index in [4.69, 9.17) is 4.74 Å². The molecule has 1 rings (SSSR count). The minimum absolute atomic E-state index is 0.137. The Labute approximate surface area is 83.6 Å². The van der Waals surface area contributed by atoms with E-state index in [0.717, 1.165) is 12.7 Å². The van der Waals surface area contributed by atoms with Crippen molar-refractivity contribution in [2.24, 2.45) is 0 Å². The van der Waals surface area contributed by atoms with Crippen molar-refractivity contribution in [1.82, 2.24) is 0 Å². The molecule has 0 aliphatic heterocycles. The molecule has 0 aromatic heterocycles. The van der Waals surface area contributed by atoms with Crippen LogP contribution in [0.1, 0.15) is 5.56 Å². The topological polar surface area (TPSA) is 52.6 Å². The summed E-state index contributed by atoms with van der Waals surface area (Å²) in [6.07, 6.45) is 0. The van der Waals surface area contributed by atoms with Gasteiger partial charge < -0.3 is 4.74 Å². The van der Waals surface area contributed by atoms with Crippen molar-refractivity contribution in [3.63, 3.8) is 0 Å². The molecule has 0 spiro atoms. The van der Waals surface area contributed by atoms with Crippen LogP contribution in [0.3, 0.4) is 0 Å². The molecule has 0 radical (unpaired) electrons. The van der Waals surface area contributed by atoms with Gasteiger partial charge in [0.1, 0.15) is 5.75 Å². The Bertz CT molecular complexity index is 422. The third-order valence-corrected chi connectivity index (χ3v) is 3.14. The van der Waals surface area contributed by atoms with Crippen LogP contribution in [0.25, 0.3) is 0 Å². The standard InChI is InChI=1S/C9H12O4S/c1-7-6-8(14(10,11)13-3)4-5-9(7)12-2/h4-6H,1-3H3. The first-order valence-electron chi connectivity index (χ1n) is 3.96. The van der Waals surface area contributed by atoms with Crippen molar-refractivity contribution in [3.8, 4) is 5.75 Å². The second-order valence-corrected chi connectivity index (χ2v) is 4.47. The lowest BCUT2D eigenvalue weighted by molar-refractivity contribution is 0.396. The van der Waals surface area contributed by atoms with Gasteiger partial charge in [-0.2, -0.15) is 8.42 Å². The maximum atomic E-state index is 11.3. The van der Waals surface area contributed by atoms with Gasteiger partial charge in [-0.05, 0) is 30.7 Å². The van der Waals surface area contributed by atoms with E-state index in [0.29, 0.717) is 5.75 Å². The second-order valence-electron chi connectivity index (χ2n) is 2.75. The van der Waals surface area contributed by atoms with Crippen LogP contribution < -0.4 is 4.74 Å². The minimum atomic E-state index is -3.60. The number of hydrogen-bond acceptors (Lipinski definition) is 4. The van der Waals surface area contributed by atoms with E-state index in [9.17, 15) is 8.42 Å². The highest BCUT2D eigenvalue weighted by atomic mass is 32.2. The van der Waals surface area contributed by atoms with E-state index in [1.807, 2.05) is 0 Å². The van der Waals surface area contributed by atoms with Crippen molar-refractivity contribution in [2.75, 3.05) is 14.2 Å². The van der Waals surface area contributed by atoms with E-state index in [2.05, 4.69) is 4.18 Å². The zero-order valence-electron chi connectivity index (χ0n) is 8.27. The number of aryl methyl sites for hydroxylation is 1. The monoisotopic (exact) mass is 216 g/mol. The van der Waals surface area contributed by atoms with Gasteiger partial charge in [-0.3, -0.25) is 4.18 Å². The number of benzene rings is 1. The fourth-order valence-electron chi connectivity index (χ4n) is 1.10. The van der Waals surface area contributed by atoms with Crippen LogP contribution in [0.4, 0.5) is 0 Å². The molecule has 0 saturated heterocycles. The van der Waals surface area contributed by atoms with Crippen LogP contribution in [0.2, 0.25) is 0 Å². The lowest BCUT2D eigenvalue weighted by atomic mass is 10.2. The molecule has 14 heavy (non-hydrogen) atoms. The van der Waals surface area contributed by atoms with Gasteiger partial charge in [0.15, 0.2) is 0 Å². The second kappa shape index (κ2) is 3.98. The maximum absolute atomic E-state index is 11.3. The summed E-state index contributed by atoms with van der Waals surface area (Å²) >= 11 is 0. The summed E-state index contributed by atoms with van der Waals surface area (Å²) in [7, 11) is -0.933. The molecule has 0 bridgehead atoms. The average molecular weight is 216 g/mol. The van der Waals surface area contributed by atoms with Gasteiger partial charge in [0.25, 0.3) is 10.1 Å². The molecule has 0 aliphatic rings. The van der Waals surface area contributed by atoms with Crippen molar-refractivity contribution in [2.45, 2.75) is 11.8 Å². The molecule has 1 aromatic rings. The molecule has 0 fully saturated rings. The highest BCUT2D eigenvalue weighted by Crippen LogP contribution is 2.21. The van der Waals surface area contributed by atoms with Gasteiger partial charge in [-0.1, -0.05) is 0 Å². The summed E-state index contributed by atoms with van der Waals surface area (Å²) in [6.45, 7) is 1.77. The van der Waals surface area contributed by atoms with Gasteiger partial charge in [-0.15, -0.1) is 0 Å². The molecular weight excluding hydrogens is 204 g/mol. The highest BCUT2D eigenvalue weighted by molar-refractivity contribution is 7.86. The number of methoxy groups -OCH3 is 1. The molecule has 5 heteroatoms. The molecule has 0 atom stereocenters. The zero-order valence-corrected chi connectivity index (χ0v) is 9.09. The fourth-order valence-corrected chi connectivity index (χ4v) is 1.85. The van der Waals surface area contributed by atoms with Gasteiger partial charge in [0.05, 0.1) is 19.1 Å². The van der Waals surface area contributed by atoms with E-state index in [-0.39, 0.29) is 4.90 Å². The first-order chi connectivity index (χ1) is 6.51. The van der Waals surface area contributed by atoms with Crippen LogP contribution in [-0.4, -0.2) is 22.6 Å². The van der Waals surface area contributed by atoms with E-state index in [1.54, 1.807) is 13.0 Å². The summed E-state index contributed by atoms with van der Waals surface area (Å²) in [5.41, 5.74) is 0.755. The van der Waals surface area contributed by atoms with Crippen LogP contribution in [0, 0.1) is 6.92 Å². The number of ether oxygens (including phenoxy) is 1. The third-order valence-electron chi connectivity index (χ3n) is 1.87. The Morgan fingerprint density at radius 3 is 2.29 bits per heavy atom. The van der Waals surface area contributed by atoms with Crippen LogP contribution in [0.5, 0.6) is 5.75 Å². The SMILES string of the molecule is COc1ccc(S(=O)(=O)OC)cc1C. The van der Waals surface area contributed by atoms with Crippen LogP contribution >= 0.6 is 0 Å². The number of hydrogen-bond donors (Lipinski definition) is 0. The molecule has 0 unspecified atom stereocenters. The molecule has 0 amide bonds. The molecule has 0 saturated carbocycles. The van der Waals surface area contributed by atoms with Crippen LogP contribution in [-0.2, 0) is 14.3 Å². The minimum Gasteiger partial charge on any atom is -0.496 e. The largest absolute Gasteiger partial charge is 0.496 e. The molecular formula is C9H12O4S. The van der Waals surface area contributed by atoms with Crippen molar-refractivity contribution in [3.05, 3.63) is 23.8 Å². The van der Waals surface area contributed by atoms with E-state index < -0.39 is 10.1 Å². The lowest BCUT2D eigenvalue weighted by Crippen LogP contribution is -2.03. The summed E-state index contributed by atoms with van der Waals surface area (Å²) in [6, 6.07) is 4.56. The molecule has 1 aromatic carbocycles. The molecule has 0 N–H and O–H groups in total. The Balaban J connectivity index is 3.22. The molecule has 0 aliphatic carbocycles. The summed E-state index contributed by atoms with van der Waals surface area (Å²) in [5.74, 6) is 0.653. The predicted octanol–water partition coefficient (Wildman–Crippen LogP) is 1.34. The average Bonchev–Trinajstić information content (AvgIpc) is 2.17. The quantitative estimate of drug-likeness (QED) is 0.715. The van der Waals surface area contributed by atoms with Crippen LogP contribution in [0.15, 0.2) is 23.1 Å². The van der Waals surface area contributed by atoms with Gasteiger partial charge >= 0.3 is 0 Å². The normalized spacial score (nSPS) is 11.4. The zero-order chi connectivity index (χ0) is 10.8. The van der Waals surface area contributed by atoms with Crippen molar-refractivity contribution < 1.29 is 17.3 Å². The first kappa shape index (κ1) is 11.0. The van der Waals surface area contributed by atoms with Crippen molar-refractivity contribution >= 4 is 10.1 Å². The fraction of sp³-hybridized carbons (Fsp3) is 0.333. The summed E-state index contributed by atoms with van der Waals surface area (Å²) in [5, 5.41) is 0. The molecule has 78 valence electrons. The number of rotatable bonds is 3. The third kappa shape index (κ3) is 2.05. The Kier molecular flexibility index (Phi) is 3.13. The Morgan fingerprint density at radius 1 is 1.21 bits per heavy atom. The molecule has 0 heterocycles. The predicted molar refractivity (Wildman–Crippen MR) is 51.9 cm³/mol.